The largest absolute Gasteiger partial charge is 0.490 e. The molecule has 1 amide bonds. The standard InChI is InChI=1S/C27H30F6N4O4.C27H30F6N4O3S/c28-26(29,30)19-3-5-20(6-4-19)35-16-14-34(15-17-35)11-1-2-25(38)36-12-9-21(10-13-36)41-22-7-8-24(37(39)40)23(18-22)27(31,32)33;28-26(29,30)19-3-5-20(6-4-19)35-16-14-34(15-17-35)11-1-2-25(41)36-12-9-21(10-13-36)40-22-7-8-24(37(38)39)23(18-22)27(31,32)33/h2*3-8,18,21H,1-2,9-17H2. The van der Waals surface area contributed by atoms with Crippen LogP contribution < -0.4 is 19.3 Å². The summed E-state index contributed by atoms with van der Waals surface area (Å²) in [4.78, 5) is 45.7. The van der Waals surface area contributed by atoms with E-state index in [-0.39, 0.29) is 23.5 Å². The molecule has 4 saturated heterocycles. The lowest BCUT2D eigenvalue weighted by molar-refractivity contribution is -0.388. The molecule has 82 heavy (non-hydrogen) atoms. The number of nitro benzene ring substituents is 2. The number of alkyl halides is 12. The zero-order valence-electron chi connectivity index (χ0n) is 44.2. The van der Waals surface area contributed by atoms with Crippen LogP contribution in [0.4, 0.5) is 75.4 Å². The third kappa shape index (κ3) is 17.7. The van der Waals surface area contributed by atoms with Crippen molar-refractivity contribution in [2.24, 2.45) is 0 Å². The number of amides is 1. The molecule has 4 aliphatic rings. The third-order valence-electron chi connectivity index (χ3n) is 14.7. The highest BCUT2D eigenvalue weighted by Gasteiger charge is 2.41. The monoisotopic (exact) mass is 1190 g/mol. The van der Waals surface area contributed by atoms with Gasteiger partial charge in [0, 0.05) is 134 Å². The molecule has 0 unspecified atom stereocenters. The molecule has 4 heterocycles. The Morgan fingerprint density at radius 1 is 0.488 bits per heavy atom. The van der Waals surface area contributed by atoms with Crippen molar-refractivity contribution >= 4 is 45.9 Å². The summed E-state index contributed by atoms with van der Waals surface area (Å²) in [5, 5.41) is 21.9. The normalized spacial score (nSPS) is 17.5. The van der Waals surface area contributed by atoms with Gasteiger partial charge in [0.1, 0.15) is 34.8 Å². The summed E-state index contributed by atoms with van der Waals surface area (Å²) in [7, 11) is 0. The van der Waals surface area contributed by atoms with Crippen LogP contribution in [0.25, 0.3) is 0 Å². The second-order valence-electron chi connectivity index (χ2n) is 20.2. The highest BCUT2D eigenvalue weighted by atomic mass is 32.1. The quantitative estimate of drug-likeness (QED) is 0.0455. The van der Waals surface area contributed by atoms with E-state index in [1.54, 1.807) is 4.90 Å². The number of nitrogens with zero attached hydrogens (tertiary/aromatic N) is 8. The van der Waals surface area contributed by atoms with Crippen LogP contribution >= 0.6 is 12.2 Å². The van der Waals surface area contributed by atoms with E-state index in [9.17, 15) is 77.7 Å². The van der Waals surface area contributed by atoms with Crippen LogP contribution in [0.3, 0.4) is 0 Å². The lowest BCUT2D eigenvalue weighted by Gasteiger charge is -2.36. The first-order chi connectivity index (χ1) is 38.6. The van der Waals surface area contributed by atoms with E-state index in [4.69, 9.17) is 21.7 Å². The maximum Gasteiger partial charge on any atom is 0.423 e. The van der Waals surface area contributed by atoms with Gasteiger partial charge < -0.3 is 29.1 Å². The minimum atomic E-state index is -4.89. The van der Waals surface area contributed by atoms with Crippen LogP contribution in [-0.4, -0.2) is 144 Å². The maximum atomic E-state index is 13.2. The van der Waals surface area contributed by atoms with Gasteiger partial charge in [-0.25, -0.2) is 0 Å². The molecule has 0 aliphatic carbocycles. The van der Waals surface area contributed by atoms with E-state index in [0.717, 1.165) is 117 Å². The highest BCUT2D eigenvalue weighted by molar-refractivity contribution is 7.80. The summed E-state index contributed by atoms with van der Waals surface area (Å²) >= 11 is 5.61. The number of hydrogen-bond donors (Lipinski definition) is 0. The number of piperazine rings is 2. The number of carbonyl (C=O) groups is 1. The van der Waals surface area contributed by atoms with E-state index < -0.39 is 74.3 Å². The summed E-state index contributed by atoms with van der Waals surface area (Å²) < 4.78 is 167. The van der Waals surface area contributed by atoms with Gasteiger partial charge in [-0.1, -0.05) is 12.2 Å². The molecule has 28 heteroatoms. The number of piperidine rings is 2. The van der Waals surface area contributed by atoms with Gasteiger partial charge >= 0.3 is 24.7 Å². The fourth-order valence-corrected chi connectivity index (χ4v) is 10.5. The Hall–Kier alpha value is -6.68. The Morgan fingerprint density at radius 3 is 1.18 bits per heavy atom. The van der Waals surface area contributed by atoms with Crippen molar-refractivity contribution in [1.82, 2.24) is 19.6 Å². The van der Waals surface area contributed by atoms with Gasteiger partial charge in [0.25, 0.3) is 11.4 Å². The first-order valence-corrected chi connectivity index (χ1v) is 26.9. The van der Waals surface area contributed by atoms with Crippen molar-refractivity contribution in [2.75, 3.05) is 101 Å². The Balaban J connectivity index is 0.000000236. The number of hydrogen-bond acceptors (Lipinski definition) is 12. The second kappa shape index (κ2) is 27.1. The van der Waals surface area contributed by atoms with Crippen molar-refractivity contribution in [1.29, 1.82) is 0 Å². The maximum absolute atomic E-state index is 13.2. The molecule has 8 rings (SSSR count). The minimum Gasteiger partial charge on any atom is -0.490 e. The highest BCUT2D eigenvalue weighted by Crippen LogP contribution is 2.41. The van der Waals surface area contributed by atoms with Gasteiger partial charge in [-0.15, -0.1) is 0 Å². The molecule has 15 nitrogen and oxygen atoms in total. The lowest BCUT2D eigenvalue weighted by atomic mass is 10.1. The van der Waals surface area contributed by atoms with Crippen molar-refractivity contribution in [3.8, 4) is 11.5 Å². The first-order valence-electron chi connectivity index (χ1n) is 26.5. The van der Waals surface area contributed by atoms with E-state index in [1.807, 2.05) is 4.90 Å². The van der Waals surface area contributed by atoms with Crippen molar-refractivity contribution < 1.29 is 76.8 Å². The van der Waals surface area contributed by atoms with Crippen LogP contribution in [0.5, 0.6) is 11.5 Å². The Bertz CT molecular complexity index is 2600. The second-order valence-corrected chi connectivity index (χ2v) is 20.7. The van der Waals surface area contributed by atoms with E-state index in [2.05, 4.69) is 19.6 Å². The first kappa shape index (κ1) is 62.9. The molecule has 448 valence electrons. The summed E-state index contributed by atoms with van der Waals surface area (Å²) in [5.41, 5.74) is -4.55. The molecule has 0 saturated carbocycles. The Labute approximate surface area is 469 Å². The smallest absolute Gasteiger partial charge is 0.423 e. The molecule has 4 fully saturated rings. The van der Waals surface area contributed by atoms with E-state index >= 15 is 0 Å². The number of carbonyl (C=O) groups excluding carboxylic acids is 1. The molecule has 0 N–H and O–H groups in total. The van der Waals surface area contributed by atoms with Gasteiger partial charge in [-0.05, 0) is 105 Å². The van der Waals surface area contributed by atoms with Gasteiger partial charge in [-0.3, -0.25) is 34.8 Å². The molecule has 0 bridgehead atoms. The number of nitro groups is 2. The molecule has 4 aliphatic heterocycles. The summed E-state index contributed by atoms with van der Waals surface area (Å²) in [6, 6.07) is 15.6. The molecular weight excluding hydrogens is 1130 g/mol. The van der Waals surface area contributed by atoms with Gasteiger partial charge in [-0.2, -0.15) is 52.7 Å². The van der Waals surface area contributed by atoms with Gasteiger partial charge in [0.2, 0.25) is 5.91 Å². The predicted octanol–water partition coefficient (Wildman–Crippen LogP) is 12.0. The van der Waals surface area contributed by atoms with Crippen molar-refractivity contribution in [3.05, 3.63) is 127 Å². The molecule has 0 radical (unpaired) electrons. The van der Waals surface area contributed by atoms with E-state index in [1.165, 1.54) is 30.3 Å². The van der Waals surface area contributed by atoms with Crippen LogP contribution in [0.15, 0.2) is 84.9 Å². The fourth-order valence-electron chi connectivity index (χ4n) is 10.2. The number of thiocarbonyl (C=S) groups is 1. The topological polar surface area (TPSA) is 141 Å². The van der Waals surface area contributed by atoms with Gasteiger partial charge in [0.05, 0.1) is 26.0 Å². The van der Waals surface area contributed by atoms with Crippen LogP contribution in [0.1, 0.15) is 73.6 Å². The number of ether oxygens (including phenoxy) is 2. The molecular formula is C54H60F12N8O7S. The number of halogens is 12. The number of anilines is 2. The number of rotatable bonds is 16. The molecule has 0 spiro atoms. The van der Waals surface area contributed by atoms with Crippen LogP contribution in [0.2, 0.25) is 0 Å². The summed E-state index contributed by atoms with van der Waals surface area (Å²) in [5.74, 6) is -0.171. The average molecular weight is 1190 g/mol. The zero-order valence-corrected chi connectivity index (χ0v) is 45.0. The summed E-state index contributed by atoms with van der Waals surface area (Å²) in [6.45, 7) is 9.43. The molecule has 4 aromatic rings. The third-order valence-corrected chi connectivity index (χ3v) is 15.2. The Morgan fingerprint density at radius 2 is 0.841 bits per heavy atom. The molecule has 0 aromatic heterocycles. The van der Waals surface area contributed by atoms with Crippen molar-refractivity contribution in [2.45, 2.75) is 88.3 Å². The van der Waals surface area contributed by atoms with E-state index in [0.29, 0.717) is 96.5 Å². The fraction of sp³-hybridized carbons (Fsp3) is 0.519. The number of likely N-dealkylation sites (tertiary alicyclic amines) is 2. The minimum absolute atomic E-state index is 0.0125. The van der Waals surface area contributed by atoms with Crippen LogP contribution in [-0.2, 0) is 29.5 Å². The number of benzene rings is 4. The lowest BCUT2D eigenvalue weighted by Crippen LogP contribution is -2.47. The summed E-state index contributed by atoms with van der Waals surface area (Å²) in [6.07, 6.45) is -14.6. The zero-order chi connectivity index (χ0) is 59.6. The van der Waals surface area contributed by atoms with Crippen molar-refractivity contribution in [3.63, 3.8) is 0 Å². The Kier molecular flexibility index (Phi) is 20.8. The predicted molar refractivity (Wildman–Crippen MR) is 283 cm³/mol. The average Bonchev–Trinajstić information content (AvgIpc) is 3.55. The van der Waals surface area contributed by atoms with Crippen LogP contribution in [0, 0.1) is 20.2 Å². The SMILES string of the molecule is O=C(CCCN1CCN(c2ccc(C(F)(F)F)cc2)CC1)N1CCC(Oc2ccc([N+](=O)[O-])c(C(F)(F)F)c2)CC1.O=[N+]([O-])c1ccc(OC2CCN(C(=S)CCCN3CCN(c4ccc(C(F)(F)F)cc4)CC3)CC2)cc1C(F)(F)F. The van der Waals surface area contributed by atoms with Gasteiger partial charge in [0.15, 0.2) is 0 Å². The molecule has 0 atom stereocenters. The molecule has 4 aromatic carbocycles.